The van der Waals surface area contributed by atoms with Gasteiger partial charge in [-0.25, -0.2) is 19.2 Å². The Kier molecular flexibility index (Phi) is 5.73. The predicted molar refractivity (Wildman–Crippen MR) is 104 cm³/mol. The highest BCUT2D eigenvalue weighted by Crippen LogP contribution is 2.21. The monoisotopic (exact) mass is 405 g/mol. The number of carbonyl (C=O) groups excluding carboxylic acids is 1. The van der Waals surface area contributed by atoms with Gasteiger partial charge in [0.25, 0.3) is 0 Å². The van der Waals surface area contributed by atoms with Crippen LogP contribution in [0.15, 0.2) is 48.5 Å². The number of aryl methyl sites for hydroxylation is 1. The molecule has 2 aromatic heterocycles. The molecule has 138 valence electrons. The molecule has 0 aliphatic rings. The van der Waals surface area contributed by atoms with Gasteiger partial charge in [0, 0.05) is 11.3 Å². The topological polar surface area (TPSA) is 78.9 Å². The fraction of sp³-hybridized carbons (Fsp3) is 0.0556. The lowest BCUT2D eigenvalue weighted by Crippen LogP contribution is -2.34. The van der Waals surface area contributed by atoms with Crippen LogP contribution in [0.1, 0.15) is 5.56 Å². The van der Waals surface area contributed by atoms with Crippen molar-refractivity contribution in [3.05, 3.63) is 70.2 Å². The molecule has 1 aromatic carbocycles. The number of hydrogen-bond acceptors (Lipinski definition) is 4. The number of carbonyl (C=O) groups is 1. The van der Waals surface area contributed by atoms with Crippen molar-refractivity contribution in [2.24, 2.45) is 0 Å². The van der Waals surface area contributed by atoms with Gasteiger partial charge in [0.2, 0.25) is 0 Å². The second-order valence-corrected chi connectivity index (χ2v) is 6.40. The summed E-state index contributed by atoms with van der Waals surface area (Å²) in [6, 6.07) is 12.0. The van der Waals surface area contributed by atoms with E-state index < -0.39 is 6.03 Å². The third-order valence-electron chi connectivity index (χ3n) is 3.43. The van der Waals surface area contributed by atoms with E-state index in [9.17, 15) is 9.18 Å². The minimum absolute atomic E-state index is 0.162. The molecule has 0 aliphatic carbocycles. The van der Waals surface area contributed by atoms with Crippen molar-refractivity contribution in [3.8, 4) is 11.3 Å². The number of nitrogens with zero attached hydrogens (tertiary/aromatic N) is 2. The lowest BCUT2D eigenvalue weighted by Gasteiger charge is -2.12. The Labute approximate surface area is 164 Å². The van der Waals surface area contributed by atoms with E-state index in [1.807, 2.05) is 13.0 Å². The Morgan fingerprint density at radius 3 is 2.33 bits per heavy atom. The van der Waals surface area contributed by atoms with Crippen molar-refractivity contribution in [2.75, 3.05) is 10.7 Å². The van der Waals surface area contributed by atoms with Gasteiger partial charge in [0.15, 0.2) is 0 Å². The molecular formula is C18H14Cl2FN5O. The van der Waals surface area contributed by atoms with E-state index in [2.05, 4.69) is 26.1 Å². The minimum atomic E-state index is -0.542. The van der Waals surface area contributed by atoms with Gasteiger partial charge >= 0.3 is 6.03 Å². The molecule has 0 radical (unpaired) electrons. The number of nitrogens with one attached hydrogen (secondary N) is 3. The lowest BCUT2D eigenvalue weighted by atomic mass is 10.1. The molecule has 2 heterocycles. The van der Waals surface area contributed by atoms with Crippen molar-refractivity contribution >= 4 is 40.7 Å². The molecule has 0 fully saturated rings. The zero-order valence-corrected chi connectivity index (χ0v) is 15.6. The maximum atomic E-state index is 13.1. The molecule has 0 saturated carbocycles. The highest BCUT2D eigenvalue weighted by atomic mass is 35.5. The van der Waals surface area contributed by atoms with Crippen LogP contribution in [0.25, 0.3) is 11.3 Å². The molecule has 3 rings (SSSR count). The highest BCUT2D eigenvalue weighted by molar-refractivity contribution is 6.32. The summed E-state index contributed by atoms with van der Waals surface area (Å²) in [7, 11) is 0. The summed E-state index contributed by atoms with van der Waals surface area (Å²) in [5.74, 6) is 0.106. The summed E-state index contributed by atoms with van der Waals surface area (Å²) in [5, 5.41) is 2.89. The van der Waals surface area contributed by atoms with Crippen LogP contribution >= 0.6 is 23.2 Å². The van der Waals surface area contributed by atoms with Crippen LogP contribution in [-0.2, 0) is 0 Å². The zero-order chi connectivity index (χ0) is 19.4. The van der Waals surface area contributed by atoms with E-state index in [1.165, 1.54) is 24.3 Å². The average Bonchev–Trinajstić information content (AvgIpc) is 2.59. The molecule has 9 heteroatoms. The van der Waals surface area contributed by atoms with Crippen LogP contribution in [0.4, 0.5) is 20.7 Å². The van der Waals surface area contributed by atoms with Crippen LogP contribution in [0.3, 0.4) is 0 Å². The third kappa shape index (κ3) is 5.29. The van der Waals surface area contributed by atoms with E-state index in [1.54, 1.807) is 18.2 Å². The molecule has 27 heavy (non-hydrogen) atoms. The second-order valence-electron chi connectivity index (χ2n) is 5.63. The maximum Gasteiger partial charge on any atom is 0.337 e. The van der Waals surface area contributed by atoms with Gasteiger partial charge in [-0.3, -0.25) is 10.9 Å². The first-order valence-electron chi connectivity index (χ1n) is 7.80. The fourth-order valence-electron chi connectivity index (χ4n) is 2.32. The van der Waals surface area contributed by atoms with Gasteiger partial charge in [-0.15, -0.1) is 0 Å². The Hall–Kier alpha value is -2.90. The molecule has 3 N–H and O–H groups in total. The molecule has 0 bridgehead atoms. The SMILES string of the molecule is Cc1cc(NNC(=O)Nc2cc(Cl)nc(Cl)c2)nc(-c2ccc(F)cc2)c1. The van der Waals surface area contributed by atoms with E-state index in [0.29, 0.717) is 17.2 Å². The number of urea groups is 1. The number of halogens is 3. The number of hydrazine groups is 1. The van der Waals surface area contributed by atoms with Gasteiger partial charge in [0.05, 0.1) is 5.69 Å². The Morgan fingerprint density at radius 1 is 1.00 bits per heavy atom. The molecule has 0 aliphatic heterocycles. The van der Waals surface area contributed by atoms with Gasteiger partial charge in [-0.2, -0.15) is 0 Å². The molecule has 0 atom stereocenters. The first-order chi connectivity index (χ1) is 12.9. The summed E-state index contributed by atoms with van der Waals surface area (Å²) in [6.07, 6.45) is 0. The molecular weight excluding hydrogens is 392 g/mol. The van der Waals surface area contributed by atoms with Crippen molar-refractivity contribution in [2.45, 2.75) is 6.92 Å². The first-order valence-corrected chi connectivity index (χ1v) is 8.55. The van der Waals surface area contributed by atoms with Crippen molar-refractivity contribution in [1.82, 2.24) is 15.4 Å². The number of hydrogen-bond donors (Lipinski definition) is 3. The van der Waals surface area contributed by atoms with Gasteiger partial charge in [0.1, 0.15) is 21.9 Å². The van der Waals surface area contributed by atoms with Gasteiger partial charge < -0.3 is 5.32 Å². The smallest absolute Gasteiger partial charge is 0.306 e. The molecule has 0 unspecified atom stereocenters. The van der Waals surface area contributed by atoms with Crippen molar-refractivity contribution < 1.29 is 9.18 Å². The summed E-state index contributed by atoms with van der Waals surface area (Å²) in [4.78, 5) is 20.2. The Morgan fingerprint density at radius 2 is 1.67 bits per heavy atom. The first kappa shape index (κ1) is 18.9. The minimum Gasteiger partial charge on any atom is -0.306 e. The zero-order valence-electron chi connectivity index (χ0n) is 14.1. The number of benzene rings is 1. The van der Waals surface area contributed by atoms with Gasteiger partial charge in [-0.1, -0.05) is 23.2 Å². The van der Waals surface area contributed by atoms with E-state index in [0.717, 1.165) is 11.1 Å². The van der Waals surface area contributed by atoms with Crippen molar-refractivity contribution in [1.29, 1.82) is 0 Å². The van der Waals surface area contributed by atoms with E-state index >= 15 is 0 Å². The number of rotatable bonds is 4. The quantitative estimate of drug-likeness (QED) is 0.419. The van der Waals surface area contributed by atoms with Crippen LogP contribution in [0.2, 0.25) is 10.3 Å². The lowest BCUT2D eigenvalue weighted by molar-refractivity contribution is 0.254. The van der Waals surface area contributed by atoms with Crippen LogP contribution in [0.5, 0.6) is 0 Å². The molecule has 6 nitrogen and oxygen atoms in total. The third-order valence-corrected chi connectivity index (χ3v) is 3.82. The largest absolute Gasteiger partial charge is 0.337 e. The Balaban J connectivity index is 1.68. The van der Waals surface area contributed by atoms with Crippen molar-refractivity contribution in [3.63, 3.8) is 0 Å². The number of amides is 2. The number of pyridine rings is 2. The van der Waals surface area contributed by atoms with Crippen LogP contribution in [0, 0.1) is 12.7 Å². The molecule has 3 aromatic rings. The maximum absolute atomic E-state index is 13.1. The average molecular weight is 406 g/mol. The molecule has 2 amide bonds. The highest BCUT2D eigenvalue weighted by Gasteiger charge is 2.07. The number of aromatic nitrogens is 2. The predicted octanol–water partition coefficient (Wildman–Crippen LogP) is 5.05. The molecule has 0 saturated heterocycles. The summed E-state index contributed by atoms with van der Waals surface area (Å²) >= 11 is 11.6. The normalized spacial score (nSPS) is 10.4. The van der Waals surface area contributed by atoms with Crippen LogP contribution in [-0.4, -0.2) is 16.0 Å². The summed E-state index contributed by atoms with van der Waals surface area (Å²) in [6.45, 7) is 1.89. The summed E-state index contributed by atoms with van der Waals surface area (Å²) < 4.78 is 13.1. The molecule has 0 spiro atoms. The Bertz CT molecular complexity index is 962. The van der Waals surface area contributed by atoms with Gasteiger partial charge in [-0.05, 0) is 61.0 Å². The van der Waals surface area contributed by atoms with E-state index in [4.69, 9.17) is 23.2 Å². The second kappa shape index (κ2) is 8.20. The standard InChI is InChI=1S/C18H14Cl2FN5O/c1-10-6-14(11-2-4-12(21)5-3-11)23-17(7-10)25-26-18(27)22-13-8-15(19)24-16(20)9-13/h2-9H,1H3,(H,23,25)(H2,22,24,26,27). The summed E-state index contributed by atoms with van der Waals surface area (Å²) in [5.41, 5.74) is 7.91. The number of anilines is 2. The van der Waals surface area contributed by atoms with E-state index in [-0.39, 0.29) is 16.1 Å². The fourth-order valence-corrected chi connectivity index (χ4v) is 2.78. The van der Waals surface area contributed by atoms with Crippen LogP contribution < -0.4 is 16.2 Å².